The molecule has 0 aliphatic carbocycles. The molecule has 0 bridgehead atoms. The number of aryl methyl sites for hydroxylation is 3. The molecule has 2 N–H and O–H groups in total. The number of alkyl halides is 2. The summed E-state index contributed by atoms with van der Waals surface area (Å²) in [6.45, 7) is 7.02. The Labute approximate surface area is 257 Å². The lowest BCUT2D eigenvalue weighted by Crippen LogP contribution is -2.55. The molecule has 10 heteroatoms. The van der Waals surface area contributed by atoms with Gasteiger partial charge in [-0.2, -0.15) is 0 Å². The van der Waals surface area contributed by atoms with Crippen molar-refractivity contribution in [1.29, 1.82) is 0 Å². The minimum atomic E-state index is -2.95. The number of anilines is 2. The van der Waals surface area contributed by atoms with Gasteiger partial charge in [-0.3, -0.25) is 19.7 Å². The highest BCUT2D eigenvalue weighted by molar-refractivity contribution is 5.83. The summed E-state index contributed by atoms with van der Waals surface area (Å²) in [6.07, 6.45) is 7.98. The van der Waals surface area contributed by atoms with Crippen LogP contribution in [0.5, 0.6) is 0 Å². The summed E-state index contributed by atoms with van der Waals surface area (Å²) in [7, 11) is 1.92. The lowest BCUT2D eigenvalue weighted by atomic mass is 10.0. The molecular formula is C34H41F2N7O. The first-order valence-electron chi connectivity index (χ1n) is 15.4. The fourth-order valence-corrected chi connectivity index (χ4v) is 6.63. The second-order valence-corrected chi connectivity index (χ2v) is 12.5. The number of hydrogen-bond acceptors (Lipinski definition) is 7. The van der Waals surface area contributed by atoms with Gasteiger partial charge in [0.05, 0.1) is 30.0 Å². The standard InChI is InChI=1S/C34H41F2N7O/c1-23-6-7-28(17-39-23)41-13-4-5-29(21-41)43(18-25-10-12-38-24(2)15-25)20-26-19-40(3)31-16-27(8-9-30(31)33(26)44)42-14-11-32(37)34(35,36)22-42/h6-10,12,15-17,19,29,32H,4-5,11,13-14,18,20-22,37H2,1-3H3/t29-,32-/m0/s1. The van der Waals surface area contributed by atoms with Gasteiger partial charge < -0.3 is 20.1 Å². The average molecular weight is 602 g/mol. The quantitative estimate of drug-likeness (QED) is 0.326. The van der Waals surface area contributed by atoms with Crippen LogP contribution in [-0.2, 0) is 20.1 Å². The van der Waals surface area contributed by atoms with Crippen LogP contribution in [-0.4, -0.2) is 63.6 Å². The summed E-state index contributed by atoms with van der Waals surface area (Å²) in [4.78, 5) is 29.3. The van der Waals surface area contributed by atoms with Gasteiger partial charge in [-0.1, -0.05) is 0 Å². The van der Waals surface area contributed by atoms with E-state index in [1.165, 1.54) is 0 Å². The third-order valence-electron chi connectivity index (χ3n) is 9.16. The van der Waals surface area contributed by atoms with E-state index in [1.807, 2.05) is 62.3 Å². The Morgan fingerprint density at radius 1 is 0.977 bits per heavy atom. The zero-order valence-corrected chi connectivity index (χ0v) is 25.7. The maximum absolute atomic E-state index is 14.4. The van der Waals surface area contributed by atoms with Crippen LogP contribution < -0.4 is 21.0 Å². The van der Waals surface area contributed by atoms with Crippen LogP contribution in [0.3, 0.4) is 0 Å². The molecule has 3 aromatic heterocycles. The summed E-state index contributed by atoms with van der Waals surface area (Å²) in [5, 5.41) is 0.588. The van der Waals surface area contributed by atoms with Crippen molar-refractivity contribution in [3.63, 3.8) is 0 Å². The third kappa shape index (κ3) is 6.32. The minimum absolute atomic E-state index is 0.0260. The van der Waals surface area contributed by atoms with Crippen LogP contribution in [0.2, 0.25) is 0 Å². The van der Waals surface area contributed by atoms with Crippen molar-refractivity contribution in [3.05, 3.63) is 93.8 Å². The van der Waals surface area contributed by atoms with Crippen LogP contribution in [0.15, 0.2) is 65.8 Å². The van der Waals surface area contributed by atoms with E-state index in [0.29, 0.717) is 36.3 Å². The predicted molar refractivity (Wildman–Crippen MR) is 171 cm³/mol. The van der Waals surface area contributed by atoms with E-state index in [2.05, 4.69) is 31.9 Å². The molecule has 5 heterocycles. The number of halogens is 2. The van der Waals surface area contributed by atoms with Crippen molar-refractivity contribution in [3.8, 4) is 0 Å². The molecule has 2 aliphatic heterocycles. The number of nitrogens with zero attached hydrogens (tertiary/aromatic N) is 6. The van der Waals surface area contributed by atoms with Gasteiger partial charge in [0.1, 0.15) is 0 Å². The molecule has 0 amide bonds. The van der Waals surface area contributed by atoms with E-state index in [1.54, 1.807) is 17.0 Å². The number of fused-ring (bicyclic) bond motifs is 1. The fraction of sp³-hybridized carbons (Fsp3) is 0.441. The molecule has 0 radical (unpaired) electrons. The molecule has 2 fully saturated rings. The first-order chi connectivity index (χ1) is 21.1. The number of hydrogen-bond donors (Lipinski definition) is 1. The molecular weight excluding hydrogens is 560 g/mol. The van der Waals surface area contributed by atoms with Crippen LogP contribution in [0.4, 0.5) is 20.2 Å². The highest BCUT2D eigenvalue weighted by Crippen LogP contribution is 2.31. The van der Waals surface area contributed by atoms with Crippen molar-refractivity contribution < 1.29 is 8.78 Å². The number of rotatable bonds is 7. The molecule has 232 valence electrons. The van der Waals surface area contributed by atoms with Crippen LogP contribution in [0, 0.1) is 13.8 Å². The molecule has 2 atom stereocenters. The Morgan fingerprint density at radius 2 is 1.80 bits per heavy atom. The normalized spacial score (nSPS) is 20.4. The van der Waals surface area contributed by atoms with Gasteiger partial charge in [-0.25, -0.2) is 8.78 Å². The first-order valence-corrected chi connectivity index (χ1v) is 15.4. The highest BCUT2D eigenvalue weighted by atomic mass is 19.3. The molecule has 6 rings (SSSR count). The second kappa shape index (κ2) is 12.2. The molecule has 0 spiro atoms. The van der Waals surface area contributed by atoms with Crippen molar-refractivity contribution in [2.45, 2.75) is 64.2 Å². The van der Waals surface area contributed by atoms with E-state index in [-0.39, 0.29) is 17.9 Å². The predicted octanol–water partition coefficient (Wildman–Crippen LogP) is 4.79. The van der Waals surface area contributed by atoms with E-state index < -0.39 is 18.5 Å². The lowest BCUT2D eigenvalue weighted by Gasteiger charge is -2.40. The molecule has 2 aliphatic rings. The van der Waals surface area contributed by atoms with Crippen molar-refractivity contribution in [2.75, 3.05) is 36.0 Å². The molecule has 2 saturated heterocycles. The summed E-state index contributed by atoms with van der Waals surface area (Å²) in [5.41, 5.74) is 12.0. The van der Waals surface area contributed by atoms with Crippen LogP contribution >= 0.6 is 0 Å². The van der Waals surface area contributed by atoms with Crippen molar-refractivity contribution in [2.24, 2.45) is 12.8 Å². The second-order valence-electron chi connectivity index (χ2n) is 12.5. The van der Waals surface area contributed by atoms with Gasteiger partial charge in [0.15, 0.2) is 5.43 Å². The topological polar surface area (TPSA) is 83.5 Å². The lowest BCUT2D eigenvalue weighted by molar-refractivity contribution is -0.0299. The number of benzene rings is 1. The fourth-order valence-electron chi connectivity index (χ4n) is 6.63. The maximum atomic E-state index is 14.4. The first kappa shape index (κ1) is 30.1. The van der Waals surface area contributed by atoms with Gasteiger partial charge in [-0.05, 0) is 81.1 Å². The average Bonchev–Trinajstić information content (AvgIpc) is 3.01. The van der Waals surface area contributed by atoms with Gasteiger partial charge in [0, 0.05) is 86.2 Å². The highest BCUT2D eigenvalue weighted by Gasteiger charge is 2.42. The van der Waals surface area contributed by atoms with E-state index in [0.717, 1.165) is 54.1 Å². The Balaban J connectivity index is 1.30. The van der Waals surface area contributed by atoms with E-state index >= 15 is 0 Å². The Bertz CT molecular complexity index is 1690. The monoisotopic (exact) mass is 601 g/mol. The van der Waals surface area contributed by atoms with Gasteiger partial charge in [0.25, 0.3) is 5.92 Å². The Hall–Kier alpha value is -3.89. The summed E-state index contributed by atoms with van der Waals surface area (Å²) < 4.78 is 30.7. The Morgan fingerprint density at radius 3 is 2.55 bits per heavy atom. The minimum Gasteiger partial charge on any atom is -0.369 e. The number of aromatic nitrogens is 3. The molecule has 8 nitrogen and oxygen atoms in total. The van der Waals surface area contributed by atoms with Gasteiger partial charge in [0.2, 0.25) is 0 Å². The summed E-state index contributed by atoms with van der Waals surface area (Å²) >= 11 is 0. The molecule has 44 heavy (non-hydrogen) atoms. The van der Waals surface area contributed by atoms with E-state index in [4.69, 9.17) is 5.73 Å². The number of piperidine rings is 2. The van der Waals surface area contributed by atoms with Crippen LogP contribution in [0.1, 0.15) is 41.8 Å². The number of pyridine rings is 3. The molecule has 0 saturated carbocycles. The molecule has 0 unspecified atom stereocenters. The smallest absolute Gasteiger partial charge is 0.280 e. The largest absolute Gasteiger partial charge is 0.369 e. The summed E-state index contributed by atoms with van der Waals surface area (Å²) in [6, 6.07) is 12.8. The zero-order chi connectivity index (χ0) is 31.0. The molecule has 1 aromatic carbocycles. The van der Waals surface area contributed by atoms with Crippen molar-refractivity contribution >= 4 is 22.3 Å². The Kier molecular flexibility index (Phi) is 8.39. The third-order valence-corrected chi connectivity index (χ3v) is 9.16. The van der Waals surface area contributed by atoms with E-state index in [9.17, 15) is 13.6 Å². The van der Waals surface area contributed by atoms with Gasteiger partial charge >= 0.3 is 0 Å². The number of nitrogens with two attached hydrogens (primary N) is 1. The molecule has 4 aromatic rings. The SMILES string of the molecule is Cc1ccc(N2CCC[C@H](N(Cc3ccnc(C)c3)Cc3cn(C)c4cc(N5CC[C@H](N)C(F)(F)C5)ccc4c3=O)C2)cn1. The zero-order valence-electron chi connectivity index (χ0n) is 25.7. The van der Waals surface area contributed by atoms with Crippen LogP contribution in [0.25, 0.3) is 10.9 Å². The maximum Gasteiger partial charge on any atom is 0.280 e. The van der Waals surface area contributed by atoms with Crippen molar-refractivity contribution in [1.82, 2.24) is 19.4 Å². The summed E-state index contributed by atoms with van der Waals surface area (Å²) in [5.74, 6) is -2.95. The van der Waals surface area contributed by atoms with Gasteiger partial charge in [-0.15, -0.1) is 0 Å².